The zero-order valence-corrected chi connectivity index (χ0v) is 16.8. The smallest absolute Gasteiger partial charge is 0.238 e. The Hall–Kier alpha value is -1.79. The van der Waals surface area contributed by atoms with E-state index in [0.29, 0.717) is 28.0 Å². The van der Waals surface area contributed by atoms with Crippen LogP contribution in [-0.2, 0) is 11.3 Å². The Morgan fingerprint density at radius 1 is 1.07 bits per heavy atom. The summed E-state index contributed by atoms with van der Waals surface area (Å²) < 4.78 is 5.27. The maximum absolute atomic E-state index is 12.3. The van der Waals surface area contributed by atoms with E-state index < -0.39 is 0 Å². The Kier molecular flexibility index (Phi) is 6.96. The number of anilines is 1. The minimum Gasteiger partial charge on any atom is -0.495 e. The molecule has 1 amide bonds. The van der Waals surface area contributed by atoms with Gasteiger partial charge in [-0.2, -0.15) is 0 Å². The number of nitrogens with one attached hydrogen (secondary N) is 1. The predicted molar refractivity (Wildman–Crippen MR) is 110 cm³/mol. The summed E-state index contributed by atoms with van der Waals surface area (Å²) in [5.41, 5.74) is 1.77. The summed E-state index contributed by atoms with van der Waals surface area (Å²) in [5, 5.41) is 4.27. The second kappa shape index (κ2) is 9.42. The van der Waals surface area contributed by atoms with Crippen LogP contribution in [-0.4, -0.2) is 55.5 Å². The molecule has 1 N–H and O–H groups in total. The molecule has 2 aromatic rings. The second-order valence-corrected chi connectivity index (χ2v) is 7.38. The number of amides is 1. The zero-order valence-electron chi connectivity index (χ0n) is 15.3. The number of carbonyl (C=O) groups is 1. The van der Waals surface area contributed by atoms with Crippen molar-refractivity contribution in [3.8, 4) is 5.75 Å². The number of halogens is 2. The van der Waals surface area contributed by atoms with Crippen LogP contribution in [0.25, 0.3) is 0 Å². The summed E-state index contributed by atoms with van der Waals surface area (Å²) in [7, 11) is 1.59. The molecule has 1 saturated heterocycles. The van der Waals surface area contributed by atoms with Crippen LogP contribution in [0.3, 0.4) is 0 Å². The number of nitrogens with zero attached hydrogens (tertiary/aromatic N) is 2. The third-order valence-electron chi connectivity index (χ3n) is 4.62. The minimum absolute atomic E-state index is 0.0336. The van der Waals surface area contributed by atoms with Crippen molar-refractivity contribution in [3.63, 3.8) is 0 Å². The molecule has 1 fully saturated rings. The third-order valence-corrected chi connectivity index (χ3v) is 5.21. The monoisotopic (exact) mass is 407 g/mol. The summed E-state index contributed by atoms with van der Waals surface area (Å²) >= 11 is 12.2. The van der Waals surface area contributed by atoms with E-state index in [9.17, 15) is 4.79 Å². The Morgan fingerprint density at radius 3 is 2.48 bits per heavy atom. The molecule has 0 aromatic heterocycles. The summed E-state index contributed by atoms with van der Waals surface area (Å²) in [6.45, 7) is 4.61. The van der Waals surface area contributed by atoms with Gasteiger partial charge in [0.15, 0.2) is 0 Å². The number of carbonyl (C=O) groups excluding carboxylic acids is 1. The molecule has 1 aliphatic rings. The number of piperazine rings is 1. The SMILES string of the molecule is COc1ccccc1NC(=O)CN1CCN(Cc2ccc(Cl)cc2Cl)CC1. The first-order valence-corrected chi connectivity index (χ1v) is 9.62. The second-order valence-electron chi connectivity index (χ2n) is 6.54. The van der Waals surface area contributed by atoms with Crippen LogP contribution >= 0.6 is 23.2 Å². The fourth-order valence-electron chi connectivity index (χ4n) is 3.14. The molecule has 0 radical (unpaired) electrons. The first kappa shape index (κ1) is 20.0. The van der Waals surface area contributed by atoms with E-state index in [2.05, 4.69) is 15.1 Å². The van der Waals surface area contributed by atoms with Crippen LogP contribution in [0.15, 0.2) is 42.5 Å². The third kappa shape index (κ3) is 5.59. The molecule has 1 heterocycles. The number of rotatable bonds is 6. The van der Waals surface area contributed by atoms with Crippen LogP contribution in [0, 0.1) is 0 Å². The summed E-state index contributed by atoms with van der Waals surface area (Å²) in [5.74, 6) is 0.629. The van der Waals surface area contributed by atoms with E-state index in [4.69, 9.17) is 27.9 Å². The number of hydrogen-bond acceptors (Lipinski definition) is 4. The Balaban J connectivity index is 1.47. The van der Waals surface area contributed by atoms with Gasteiger partial charge in [-0.1, -0.05) is 41.4 Å². The zero-order chi connectivity index (χ0) is 19.2. The van der Waals surface area contributed by atoms with Gasteiger partial charge in [-0.3, -0.25) is 14.6 Å². The highest BCUT2D eigenvalue weighted by Gasteiger charge is 2.20. The summed E-state index contributed by atoms with van der Waals surface area (Å²) in [4.78, 5) is 16.8. The highest BCUT2D eigenvalue weighted by molar-refractivity contribution is 6.35. The van der Waals surface area contributed by atoms with Crippen LogP contribution in [0.5, 0.6) is 5.75 Å². The van der Waals surface area contributed by atoms with Crippen LogP contribution in [0.1, 0.15) is 5.56 Å². The van der Waals surface area contributed by atoms with Gasteiger partial charge in [0.1, 0.15) is 5.75 Å². The number of methoxy groups -OCH3 is 1. The number of para-hydroxylation sites is 2. The molecule has 0 spiro atoms. The lowest BCUT2D eigenvalue weighted by Crippen LogP contribution is -2.48. The molecule has 7 heteroatoms. The van der Waals surface area contributed by atoms with Gasteiger partial charge < -0.3 is 10.1 Å². The molecule has 3 rings (SSSR count). The molecule has 0 atom stereocenters. The molecule has 0 unspecified atom stereocenters. The highest BCUT2D eigenvalue weighted by atomic mass is 35.5. The number of ether oxygens (including phenoxy) is 1. The van der Waals surface area contributed by atoms with Crippen molar-refractivity contribution >= 4 is 34.8 Å². The summed E-state index contributed by atoms with van der Waals surface area (Å²) in [6, 6.07) is 13.0. The lowest BCUT2D eigenvalue weighted by molar-refractivity contribution is -0.117. The first-order chi connectivity index (χ1) is 13.0. The molecule has 0 bridgehead atoms. The van der Waals surface area contributed by atoms with Gasteiger partial charge in [-0.15, -0.1) is 0 Å². The first-order valence-electron chi connectivity index (χ1n) is 8.86. The molecule has 5 nitrogen and oxygen atoms in total. The maximum atomic E-state index is 12.3. The Labute approximate surface area is 169 Å². The maximum Gasteiger partial charge on any atom is 0.238 e. The van der Waals surface area contributed by atoms with Gasteiger partial charge in [0.05, 0.1) is 19.3 Å². The van der Waals surface area contributed by atoms with Gasteiger partial charge in [0, 0.05) is 42.8 Å². The quantitative estimate of drug-likeness (QED) is 0.791. The normalized spacial score (nSPS) is 15.5. The molecule has 0 aliphatic carbocycles. The van der Waals surface area contributed by atoms with Crippen LogP contribution in [0.2, 0.25) is 10.0 Å². The van der Waals surface area contributed by atoms with Crippen molar-refractivity contribution in [3.05, 3.63) is 58.1 Å². The molecule has 2 aromatic carbocycles. The fraction of sp³-hybridized carbons (Fsp3) is 0.350. The van der Waals surface area contributed by atoms with E-state index in [1.807, 2.05) is 36.4 Å². The lowest BCUT2D eigenvalue weighted by Gasteiger charge is -2.34. The number of hydrogen-bond donors (Lipinski definition) is 1. The largest absolute Gasteiger partial charge is 0.495 e. The van der Waals surface area contributed by atoms with E-state index in [-0.39, 0.29) is 5.91 Å². The van der Waals surface area contributed by atoms with E-state index >= 15 is 0 Å². The minimum atomic E-state index is -0.0336. The Bertz CT molecular complexity index is 793. The van der Waals surface area contributed by atoms with Crippen molar-refractivity contribution in [2.45, 2.75) is 6.54 Å². The molecule has 27 heavy (non-hydrogen) atoms. The molecule has 0 saturated carbocycles. The van der Waals surface area contributed by atoms with Gasteiger partial charge >= 0.3 is 0 Å². The van der Waals surface area contributed by atoms with Gasteiger partial charge in [0.25, 0.3) is 0 Å². The standard InChI is InChI=1S/C20H23Cl2N3O2/c1-27-19-5-3-2-4-18(19)23-20(26)14-25-10-8-24(9-11-25)13-15-6-7-16(21)12-17(15)22/h2-7,12H,8-11,13-14H2,1H3,(H,23,26). The van der Waals surface area contributed by atoms with Crippen molar-refractivity contribution in [2.24, 2.45) is 0 Å². The predicted octanol–water partition coefficient (Wildman–Crippen LogP) is 3.76. The van der Waals surface area contributed by atoms with Crippen molar-refractivity contribution < 1.29 is 9.53 Å². The molecular formula is C20H23Cl2N3O2. The van der Waals surface area contributed by atoms with Crippen LogP contribution < -0.4 is 10.1 Å². The fourth-order valence-corrected chi connectivity index (χ4v) is 3.61. The van der Waals surface area contributed by atoms with Crippen molar-refractivity contribution in [2.75, 3.05) is 45.2 Å². The van der Waals surface area contributed by atoms with Gasteiger partial charge in [0.2, 0.25) is 5.91 Å². The van der Waals surface area contributed by atoms with E-state index in [1.165, 1.54) is 0 Å². The molecule has 144 valence electrons. The average Bonchev–Trinajstić information content (AvgIpc) is 2.66. The van der Waals surface area contributed by atoms with Crippen molar-refractivity contribution in [1.82, 2.24) is 9.80 Å². The lowest BCUT2D eigenvalue weighted by atomic mass is 10.2. The number of benzene rings is 2. The molecule has 1 aliphatic heterocycles. The van der Waals surface area contributed by atoms with Gasteiger partial charge in [-0.05, 0) is 29.8 Å². The Morgan fingerprint density at radius 2 is 1.78 bits per heavy atom. The highest BCUT2D eigenvalue weighted by Crippen LogP contribution is 2.24. The molecular weight excluding hydrogens is 385 g/mol. The topological polar surface area (TPSA) is 44.8 Å². The van der Waals surface area contributed by atoms with Gasteiger partial charge in [-0.25, -0.2) is 0 Å². The van der Waals surface area contributed by atoms with Crippen LogP contribution in [0.4, 0.5) is 5.69 Å². The van der Waals surface area contributed by atoms with Crippen molar-refractivity contribution in [1.29, 1.82) is 0 Å². The summed E-state index contributed by atoms with van der Waals surface area (Å²) in [6.07, 6.45) is 0. The average molecular weight is 408 g/mol. The van der Waals surface area contributed by atoms with E-state index in [1.54, 1.807) is 13.2 Å². The van der Waals surface area contributed by atoms with E-state index in [0.717, 1.165) is 38.3 Å².